The number of rotatable bonds is 5. The standard InChI is InChI=1S/C14H17N5O2S/c1-8(22-14-18-11(15)7-12(16)19-14)13(20)17-9-3-5-10(21-2)6-4-9/h3-8H,1-2H3,(H,17,20)(H4,15,16,18,19)/t8-/m1/s1. The molecule has 0 saturated heterocycles. The number of nitrogen functional groups attached to an aromatic ring is 2. The SMILES string of the molecule is COc1ccc(NC(=O)[C@@H](C)Sc2nc(N)cc(N)n2)cc1. The fourth-order valence-electron chi connectivity index (χ4n) is 1.64. The molecule has 0 aliphatic rings. The van der Waals surface area contributed by atoms with Gasteiger partial charge in [0.25, 0.3) is 0 Å². The van der Waals surface area contributed by atoms with E-state index >= 15 is 0 Å². The van der Waals surface area contributed by atoms with Crippen molar-refractivity contribution in [1.29, 1.82) is 0 Å². The lowest BCUT2D eigenvalue weighted by molar-refractivity contribution is -0.115. The zero-order valence-corrected chi connectivity index (χ0v) is 13.1. The maximum atomic E-state index is 12.2. The van der Waals surface area contributed by atoms with Crippen molar-refractivity contribution in [2.45, 2.75) is 17.3 Å². The first-order chi connectivity index (χ1) is 10.5. The minimum absolute atomic E-state index is 0.167. The summed E-state index contributed by atoms with van der Waals surface area (Å²) in [7, 11) is 1.59. The van der Waals surface area contributed by atoms with Gasteiger partial charge in [-0.05, 0) is 31.2 Å². The van der Waals surface area contributed by atoms with Crippen LogP contribution < -0.4 is 21.5 Å². The van der Waals surface area contributed by atoms with Crippen molar-refractivity contribution in [1.82, 2.24) is 9.97 Å². The first-order valence-corrected chi connectivity index (χ1v) is 7.37. The molecule has 2 rings (SSSR count). The normalized spacial score (nSPS) is 11.7. The molecule has 2 aromatic rings. The number of hydrogen-bond acceptors (Lipinski definition) is 7. The predicted octanol–water partition coefficient (Wildman–Crippen LogP) is 1.77. The number of hydrogen-bond donors (Lipinski definition) is 3. The van der Waals surface area contributed by atoms with Crippen LogP contribution in [0.4, 0.5) is 17.3 Å². The molecule has 5 N–H and O–H groups in total. The highest BCUT2D eigenvalue weighted by atomic mass is 32.2. The molecule has 0 aliphatic carbocycles. The molecule has 8 heteroatoms. The highest BCUT2D eigenvalue weighted by Crippen LogP contribution is 2.23. The van der Waals surface area contributed by atoms with Gasteiger partial charge in [0.1, 0.15) is 17.4 Å². The van der Waals surface area contributed by atoms with Crippen LogP contribution >= 0.6 is 11.8 Å². The summed E-state index contributed by atoms with van der Waals surface area (Å²) in [6.07, 6.45) is 0. The number of methoxy groups -OCH3 is 1. The van der Waals surface area contributed by atoms with E-state index in [9.17, 15) is 4.79 Å². The van der Waals surface area contributed by atoms with E-state index in [0.29, 0.717) is 10.8 Å². The molecule has 22 heavy (non-hydrogen) atoms. The Kier molecular flexibility index (Phi) is 5.05. The van der Waals surface area contributed by atoms with Crippen LogP contribution in [0.1, 0.15) is 6.92 Å². The minimum atomic E-state index is -0.400. The Labute approximate surface area is 132 Å². The Morgan fingerprint density at radius 2 is 1.82 bits per heavy atom. The summed E-state index contributed by atoms with van der Waals surface area (Å²) in [5.74, 6) is 1.11. The molecule has 1 amide bonds. The quantitative estimate of drug-likeness (QED) is 0.568. The van der Waals surface area contributed by atoms with Crippen molar-refractivity contribution < 1.29 is 9.53 Å². The van der Waals surface area contributed by atoms with E-state index in [1.807, 2.05) is 0 Å². The highest BCUT2D eigenvalue weighted by molar-refractivity contribution is 8.00. The Hall–Kier alpha value is -2.48. The molecule has 1 aromatic heterocycles. The van der Waals surface area contributed by atoms with Gasteiger partial charge >= 0.3 is 0 Å². The van der Waals surface area contributed by atoms with Crippen molar-refractivity contribution in [3.05, 3.63) is 30.3 Å². The number of nitrogens with one attached hydrogen (secondary N) is 1. The number of carbonyl (C=O) groups is 1. The van der Waals surface area contributed by atoms with Crippen LogP contribution in [0.2, 0.25) is 0 Å². The van der Waals surface area contributed by atoms with Crippen LogP contribution in [-0.2, 0) is 4.79 Å². The van der Waals surface area contributed by atoms with Crippen molar-refractivity contribution >= 4 is 35.0 Å². The zero-order valence-electron chi connectivity index (χ0n) is 12.2. The second-order valence-corrected chi connectivity index (χ2v) is 5.79. The van der Waals surface area contributed by atoms with Crippen molar-refractivity contribution in [3.8, 4) is 5.75 Å². The van der Waals surface area contributed by atoms with E-state index in [4.69, 9.17) is 16.2 Å². The molecule has 0 radical (unpaired) electrons. The molecular formula is C14H17N5O2S. The fraction of sp³-hybridized carbons (Fsp3) is 0.214. The van der Waals surface area contributed by atoms with Crippen LogP contribution in [-0.4, -0.2) is 28.2 Å². The lowest BCUT2D eigenvalue weighted by Crippen LogP contribution is -2.22. The van der Waals surface area contributed by atoms with Gasteiger partial charge in [0, 0.05) is 11.8 Å². The fourth-order valence-corrected chi connectivity index (χ4v) is 2.44. The summed E-state index contributed by atoms with van der Waals surface area (Å²) < 4.78 is 5.07. The number of nitrogens with two attached hydrogens (primary N) is 2. The van der Waals surface area contributed by atoms with Crippen LogP contribution in [0.5, 0.6) is 5.75 Å². The lowest BCUT2D eigenvalue weighted by atomic mass is 10.3. The molecule has 0 unspecified atom stereocenters. The molecule has 0 spiro atoms. The van der Waals surface area contributed by atoms with E-state index in [0.717, 1.165) is 5.75 Å². The molecule has 0 aliphatic heterocycles. The molecule has 1 atom stereocenters. The van der Waals surface area contributed by atoms with E-state index in [1.165, 1.54) is 17.8 Å². The Morgan fingerprint density at radius 3 is 2.36 bits per heavy atom. The summed E-state index contributed by atoms with van der Waals surface area (Å²) in [6, 6.07) is 8.54. The van der Waals surface area contributed by atoms with Gasteiger partial charge in [-0.2, -0.15) is 0 Å². The number of benzene rings is 1. The van der Waals surface area contributed by atoms with E-state index in [-0.39, 0.29) is 17.5 Å². The molecule has 1 heterocycles. The molecule has 0 bridgehead atoms. The molecule has 0 fully saturated rings. The largest absolute Gasteiger partial charge is 0.497 e. The molecule has 0 saturated carbocycles. The number of thioether (sulfide) groups is 1. The molecule has 116 valence electrons. The highest BCUT2D eigenvalue weighted by Gasteiger charge is 2.16. The number of aromatic nitrogens is 2. The van der Waals surface area contributed by atoms with Gasteiger partial charge in [-0.25, -0.2) is 9.97 Å². The van der Waals surface area contributed by atoms with E-state index < -0.39 is 5.25 Å². The van der Waals surface area contributed by atoms with E-state index in [1.54, 1.807) is 38.3 Å². The number of nitrogens with zero attached hydrogens (tertiary/aromatic N) is 2. The van der Waals surface area contributed by atoms with Crippen LogP contribution in [0.25, 0.3) is 0 Å². The summed E-state index contributed by atoms with van der Waals surface area (Å²) in [4.78, 5) is 20.2. The van der Waals surface area contributed by atoms with Crippen LogP contribution in [0.3, 0.4) is 0 Å². The van der Waals surface area contributed by atoms with Gasteiger partial charge in [0.2, 0.25) is 5.91 Å². The lowest BCUT2D eigenvalue weighted by Gasteiger charge is -2.12. The molecule has 1 aromatic carbocycles. The maximum absolute atomic E-state index is 12.2. The first kappa shape index (κ1) is 15.9. The van der Waals surface area contributed by atoms with Gasteiger partial charge < -0.3 is 21.5 Å². The van der Waals surface area contributed by atoms with Crippen LogP contribution in [0, 0.1) is 0 Å². The second-order valence-electron chi connectivity index (χ2n) is 4.48. The van der Waals surface area contributed by atoms with Gasteiger partial charge in [0.15, 0.2) is 5.16 Å². The maximum Gasteiger partial charge on any atom is 0.237 e. The summed E-state index contributed by atoms with van der Waals surface area (Å²) in [5, 5.41) is 2.78. The van der Waals surface area contributed by atoms with Crippen molar-refractivity contribution in [2.75, 3.05) is 23.9 Å². The number of carbonyl (C=O) groups excluding carboxylic acids is 1. The predicted molar refractivity (Wildman–Crippen MR) is 87.8 cm³/mol. The first-order valence-electron chi connectivity index (χ1n) is 6.49. The minimum Gasteiger partial charge on any atom is -0.497 e. The summed E-state index contributed by atoms with van der Waals surface area (Å²) in [6.45, 7) is 1.76. The van der Waals surface area contributed by atoms with Gasteiger partial charge in [-0.3, -0.25) is 4.79 Å². The molecular weight excluding hydrogens is 302 g/mol. The third-order valence-electron chi connectivity index (χ3n) is 2.75. The van der Waals surface area contributed by atoms with Crippen LogP contribution in [0.15, 0.2) is 35.5 Å². The summed E-state index contributed by atoms with van der Waals surface area (Å²) >= 11 is 1.19. The van der Waals surface area contributed by atoms with Crippen molar-refractivity contribution in [2.24, 2.45) is 0 Å². The smallest absolute Gasteiger partial charge is 0.237 e. The third-order valence-corrected chi connectivity index (χ3v) is 3.72. The zero-order chi connectivity index (χ0) is 16.1. The average molecular weight is 319 g/mol. The second kappa shape index (κ2) is 6.99. The summed E-state index contributed by atoms with van der Waals surface area (Å²) in [5.41, 5.74) is 11.9. The Morgan fingerprint density at radius 1 is 1.23 bits per heavy atom. The Bertz CT molecular complexity index is 643. The van der Waals surface area contributed by atoms with Crippen molar-refractivity contribution in [3.63, 3.8) is 0 Å². The Balaban J connectivity index is 1.99. The van der Waals surface area contributed by atoms with Gasteiger partial charge in [0.05, 0.1) is 12.4 Å². The monoisotopic (exact) mass is 319 g/mol. The van der Waals surface area contributed by atoms with Gasteiger partial charge in [-0.1, -0.05) is 11.8 Å². The number of ether oxygens (including phenoxy) is 1. The number of amides is 1. The molecule has 7 nitrogen and oxygen atoms in total. The topological polar surface area (TPSA) is 116 Å². The number of anilines is 3. The average Bonchev–Trinajstić information content (AvgIpc) is 2.46. The van der Waals surface area contributed by atoms with E-state index in [2.05, 4.69) is 15.3 Å². The van der Waals surface area contributed by atoms with Gasteiger partial charge in [-0.15, -0.1) is 0 Å². The third kappa shape index (κ3) is 4.26.